The molecule has 0 spiro atoms. The molecule has 174 valence electrons. The SMILES string of the molecule is Cc1ccccc1-c1cc(C(=O)N(C)C[C@@H]2COc3ccccc3O2)c2cnn(C(C)C)c2n1. The fraction of sp³-hybridized carbons (Fsp3) is 0.296. The Morgan fingerprint density at radius 2 is 1.88 bits per heavy atom. The van der Waals surface area contributed by atoms with E-state index in [1.54, 1.807) is 18.1 Å². The van der Waals surface area contributed by atoms with Gasteiger partial charge in [0, 0.05) is 18.7 Å². The molecule has 3 heterocycles. The Hall–Kier alpha value is -3.87. The van der Waals surface area contributed by atoms with Crippen LogP contribution in [-0.2, 0) is 0 Å². The molecular formula is C27H28N4O3. The van der Waals surface area contributed by atoms with Crippen LogP contribution in [0.4, 0.5) is 0 Å². The maximum atomic E-state index is 13.7. The van der Waals surface area contributed by atoms with E-state index in [1.165, 1.54) is 0 Å². The van der Waals surface area contributed by atoms with E-state index >= 15 is 0 Å². The second kappa shape index (κ2) is 8.82. The van der Waals surface area contributed by atoms with Gasteiger partial charge in [-0.3, -0.25) is 4.79 Å². The van der Waals surface area contributed by atoms with Gasteiger partial charge < -0.3 is 14.4 Å². The number of carbonyl (C=O) groups excluding carboxylic acids is 1. The molecule has 0 unspecified atom stereocenters. The molecule has 7 nitrogen and oxygen atoms in total. The number of benzene rings is 2. The highest BCUT2D eigenvalue weighted by atomic mass is 16.6. The molecule has 0 saturated heterocycles. The number of hydrogen-bond donors (Lipinski definition) is 0. The summed E-state index contributed by atoms with van der Waals surface area (Å²) < 4.78 is 13.8. The molecular weight excluding hydrogens is 428 g/mol. The number of pyridine rings is 1. The van der Waals surface area contributed by atoms with Gasteiger partial charge in [-0.2, -0.15) is 5.10 Å². The van der Waals surface area contributed by atoms with E-state index in [2.05, 4.69) is 18.9 Å². The zero-order valence-corrected chi connectivity index (χ0v) is 19.9. The largest absolute Gasteiger partial charge is 0.486 e. The zero-order valence-electron chi connectivity index (χ0n) is 19.9. The van der Waals surface area contributed by atoms with Gasteiger partial charge in [0.2, 0.25) is 0 Å². The van der Waals surface area contributed by atoms with Crippen LogP contribution in [0.2, 0.25) is 0 Å². The minimum Gasteiger partial charge on any atom is -0.486 e. The second-order valence-electron chi connectivity index (χ2n) is 8.97. The standard InChI is InChI=1S/C27H28N4O3/c1-17(2)31-26-22(14-28-31)21(13-23(29-26)20-10-6-5-9-18(20)3)27(32)30(4)15-19-16-33-24-11-7-8-12-25(24)34-19/h5-14,17,19H,15-16H2,1-4H3/t19-/m1/s1. The monoisotopic (exact) mass is 456 g/mol. The van der Waals surface area contributed by atoms with Gasteiger partial charge in [0.05, 0.1) is 29.4 Å². The van der Waals surface area contributed by atoms with Gasteiger partial charge in [-0.1, -0.05) is 36.4 Å². The summed E-state index contributed by atoms with van der Waals surface area (Å²) in [5.41, 5.74) is 4.14. The Labute approximate surface area is 198 Å². The van der Waals surface area contributed by atoms with Crippen molar-refractivity contribution in [3.05, 3.63) is 71.9 Å². The van der Waals surface area contributed by atoms with Gasteiger partial charge in [-0.15, -0.1) is 0 Å². The van der Waals surface area contributed by atoms with Crippen molar-refractivity contribution < 1.29 is 14.3 Å². The summed E-state index contributed by atoms with van der Waals surface area (Å²) in [4.78, 5) is 20.3. The maximum Gasteiger partial charge on any atom is 0.254 e. The Bertz CT molecular complexity index is 1360. The quantitative estimate of drug-likeness (QED) is 0.427. The first-order chi connectivity index (χ1) is 16.4. The molecule has 1 aliphatic heterocycles. The third-order valence-corrected chi connectivity index (χ3v) is 6.10. The molecule has 0 radical (unpaired) electrons. The third kappa shape index (κ3) is 3.98. The lowest BCUT2D eigenvalue weighted by molar-refractivity contribution is 0.0522. The minimum absolute atomic E-state index is 0.104. The summed E-state index contributed by atoms with van der Waals surface area (Å²) in [7, 11) is 1.79. The first-order valence-corrected chi connectivity index (χ1v) is 11.5. The number of fused-ring (bicyclic) bond motifs is 2. The third-order valence-electron chi connectivity index (χ3n) is 6.10. The van der Waals surface area contributed by atoms with Crippen LogP contribution in [0.15, 0.2) is 60.8 Å². The van der Waals surface area contributed by atoms with Crippen molar-refractivity contribution in [1.29, 1.82) is 0 Å². The Morgan fingerprint density at radius 1 is 1.15 bits per heavy atom. The lowest BCUT2D eigenvalue weighted by Gasteiger charge is -2.29. The smallest absolute Gasteiger partial charge is 0.254 e. The number of carbonyl (C=O) groups is 1. The van der Waals surface area contributed by atoms with Gasteiger partial charge in [0.25, 0.3) is 5.91 Å². The van der Waals surface area contributed by atoms with Crippen molar-refractivity contribution in [2.45, 2.75) is 32.9 Å². The summed E-state index contributed by atoms with van der Waals surface area (Å²) in [6, 6.07) is 17.6. The van der Waals surface area contributed by atoms with Crippen molar-refractivity contribution in [2.24, 2.45) is 0 Å². The highest BCUT2D eigenvalue weighted by Crippen LogP contribution is 2.32. The molecule has 2 aromatic carbocycles. The first kappa shape index (κ1) is 21.9. The lowest BCUT2D eigenvalue weighted by atomic mass is 10.0. The van der Waals surface area contributed by atoms with Gasteiger partial charge in [-0.05, 0) is 44.5 Å². The fourth-order valence-corrected chi connectivity index (χ4v) is 4.32. The highest BCUT2D eigenvalue weighted by Gasteiger charge is 2.26. The summed E-state index contributed by atoms with van der Waals surface area (Å²) >= 11 is 0. The number of aryl methyl sites for hydroxylation is 1. The number of likely N-dealkylation sites (N-methyl/N-ethyl adjacent to an activating group) is 1. The van der Waals surface area contributed by atoms with Gasteiger partial charge >= 0.3 is 0 Å². The van der Waals surface area contributed by atoms with E-state index in [9.17, 15) is 4.79 Å². The number of amides is 1. The summed E-state index contributed by atoms with van der Waals surface area (Å²) in [5, 5.41) is 5.28. The molecule has 0 saturated carbocycles. The second-order valence-corrected chi connectivity index (χ2v) is 8.97. The van der Waals surface area contributed by atoms with E-state index < -0.39 is 0 Å². The van der Waals surface area contributed by atoms with Gasteiger partial charge in [0.15, 0.2) is 23.3 Å². The molecule has 2 aromatic heterocycles. The molecule has 1 amide bonds. The van der Waals surface area contributed by atoms with E-state index in [0.29, 0.717) is 30.1 Å². The van der Waals surface area contributed by atoms with Crippen molar-refractivity contribution in [1.82, 2.24) is 19.7 Å². The summed E-state index contributed by atoms with van der Waals surface area (Å²) in [6.07, 6.45) is 1.48. The number of hydrogen-bond acceptors (Lipinski definition) is 5. The molecule has 0 bridgehead atoms. The Kier molecular flexibility index (Phi) is 5.69. The number of aromatic nitrogens is 3. The Balaban J connectivity index is 1.49. The minimum atomic E-state index is -0.254. The highest BCUT2D eigenvalue weighted by molar-refractivity contribution is 6.06. The molecule has 0 aliphatic carbocycles. The van der Waals surface area contributed by atoms with E-state index in [-0.39, 0.29) is 18.1 Å². The zero-order chi connectivity index (χ0) is 23.8. The predicted octanol–water partition coefficient (Wildman–Crippen LogP) is 4.90. The average Bonchev–Trinajstić information content (AvgIpc) is 3.27. The number of para-hydroxylation sites is 2. The molecule has 7 heteroatoms. The van der Waals surface area contributed by atoms with Crippen LogP contribution in [0.5, 0.6) is 11.5 Å². The topological polar surface area (TPSA) is 69.5 Å². The number of rotatable bonds is 5. The van der Waals surface area contributed by atoms with Crippen molar-refractivity contribution >= 4 is 16.9 Å². The van der Waals surface area contributed by atoms with Crippen molar-refractivity contribution in [3.8, 4) is 22.8 Å². The van der Waals surface area contributed by atoms with Crippen LogP contribution in [0.3, 0.4) is 0 Å². The van der Waals surface area contributed by atoms with Crippen molar-refractivity contribution in [2.75, 3.05) is 20.2 Å². The van der Waals surface area contributed by atoms with Gasteiger partial charge in [-0.25, -0.2) is 9.67 Å². The van der Waals surface area contributed by atoms with Crippen LogP contribution in [0, 0.1) is 6.92 Å². The number of ether oxygens (including phenoxy) is 2. The van der Waals surface area contributed by atoms with Crippen LogP contribution in [0.1, 0.15) is 35.8 Å². The molecule has 0 N–H and O–H groups in total. The molecule has 1 aliphatic rings. The molecule has 4 aromatic rings. The summed E-state index contributed by atoms with van der Waals surface area (Å²) in [5.74, 6) is 1.33. The fourth-order valence-electron chi connectivity index (χ4n) is 4.32. The molecule has 5 rings (SSSR count). The number of nitrogens with zero attached hydrogens (tertiary/aromatic N) is 4. The van der Waals surface area contributed by atoms with Gasteiger partial charge in [0.1, 0.15) is 6.61 Å². The predicted molar refractivity (Wildman–Crippen MR) is 131 cm³/mol. The average molecular weight is 457 g/mol. The maximum absolute atomic E-state index is 13.7. The van der Waals surface area contributed by atoms with E-state index in [1.807, 2.05) is 66.2 Å². The molecule has 34 heavy (non-hydrogen) atoms. The molecule has 0 fully saturated rings. The van der Waals surface area contributed by atoms with E-state index in [4.69, 9.17) is 14.5 Å². The van der Waals surface area contributed by atoms with Crippen LogP contribution in [-0.4, -0.2) is 51.9 Å². The van der Waals surface area contributed by atoms with Crippen LogP contribution in [0.25, 0.3) is 22.3 Å². The lowest BCUT2D eigenvalue weighted by Crippen LogP contribution is -2.41. The first-order valence-electron chi connectivity index (χ1n) is 11.5. The Morgan fingerprint density at radius 3 is 2.65 bits per heavy atom. The van der Waals surface area contributed by atoms with E-state index in [0.717, 1.165) is 28.0 Å². The van der Waals surface area contributed by atoms with Crippen LogP contribution < -0.4 is 9.47 Å². The van der Waals surface area contributed by atoms with Crippen LogP contribution >= 0.6 is 0 Å². The van der Waals surface area contributed by atoms with Crippen molar-refractivity contribution in [3.63, 3.8) is 0 Å². The normalized spacial score (nSPS) is 15.0. The molecule has 1 atom stereocenters. The summed E-state index contributed by atoms with van der Waals surface area (Å²) in [6.45, 7) is 6.95.